The smallest absolute Gasteiger partial charge is 0.275 e. The van der Waals surface area contributed by atoms with Crippen molar-refractivity contribution in [1.29, 1.82) is 0 Å². The molecule has 0 saturated carbocycles. The largest absolute Gasteiger partial charge is 0.360 e. The van der Waals surface area contributed by atoms with Crippen molar-refractivity contribution in [2.75, 3.05) is 0 Å². The quantitative estimate of drug-likeness (QED) is 0.497. The number of hydrogen-bond acceptors (Lipinski definition) is 3. The zero-order valence-electron chi connectivity index (χ0n) is 13.7. The lowest BCUT2D eigenvalue weighted by atomic mass is 10.1. The SMILES string of the molecule is [C-]#[N+]c1cnc2ccc(-c3c(-c4ccc(F)c(Cl)c4)ncn3CC)nn12. The average Bonchev–Trinajstić information content (AvgIpc) is 3.26. The molecule has 0 saturated heterocycles. The van der Waals surface area contributed by atoms with Crippen LogP contribution in [0.5, 0.6) is 0 Å². The van der Waals surface area contributed by atoms with Gasteiger partial charge in [0.05, 0.1) is 28.9 Å². The van der Waals surface area contributed by atoms with E-state index in [-0.39, 0.29) is 5.02 Å². The standard InChI is InChI=1S/C18H12ClFN6/c1-3-25-10-23-17(11-4-5-13(20)12(19)8-11)18(25)14-6-7-15-22-9-16(21-2)26(15)24-14/h4-10H,3H2,1H3. The van der Waals surface area contributed by atoms with Crippen LogP contribution in [0.15, 0.2) is 42.9 Å². The highest BCUT2D eigenvalue weighted by atomic mass is 35.5. The number of halogens is 2. The second-order valence-electron chi connectivity index (χ2n) is 5.57. The molecule has 0 unspecified atom stereocenters. The van der Waals surface area contributed by atoms with Crippen molar-refractivity contribution in [2.45, 2.75) is 13.5 Å². The molecule has 0 N–H and O–H groups in total. The molecule has 128 valence electrons. The maximum absolute atomic E-state index is 13.5. The molecule has 0 bridgehead atoms. The number of fused-ring (bicyclic) bond motifs is 1. The minimum absolute atomic E-state index is 0.0350. The molecule has 0 radical (unpaired) electrons. The first-order chi connectivity index (χ1) is 12.6. The molecule has 6 nitrogen and oxygen atoms in total. The van der Waals surface area contributed by atoms with Crippen LogP contribution in [-0.4, -0.2) is 24.1 Å². The first-order valence-electron chi connectivity index (χ1n) is 7.85. The zero-order valence-corrected chi connectivity index (χ0v) is 14.4. The summed E-state index contributed by atoms with van der Waals surface area (Å²) in [6.45, 7) is 9.91. The molecule has 0 spiro atoms. The van der Waals surface area contributed by atoms with Crippen LogP contribution in [0.4, 0.5) is 10.2 Å². The van der Waals surface area contributed by atoms with Gasteiger partial charge in [-0.15, -0.1) is 4.52 Å². The van der Waals surface area contributed by atoms with Crippen LogP contribution in [0.2, 0.25) is 5.02 Å². The summed E-state index contributed by atoms with van der Waals surface area (Å²) < 4.78 is 17.0. The molecule has 8 heteroatoms. The molecule has 0 aliphatic carbocycles. The van der Waals surface area contributed by atoms with E-state index in [1.54, 1.807) is 24.5 Å². The highest BCUT2D eigenvalue weighted by molar-refractivity contribution is 6.31. The summed E-state index contributed by atoms with van der Waals surface area (Å²) in [5.41, 5.74) is 3.33. The first kappa shape index (κ1) is 16.2. The van der Waals surface area contributed by atoms with E-state index < -0.39 is 5.82 Å². The van der Waals surface area contributed by atoms with Gasteiger partial charge in [-0.25, -0.2) is 14.4 Å². The summed E-state index contributed by atoms with van der Waals surface area (Å²) >= 11 is 5.93. The summed E-state index contributed by atoms with van der Waals surface area (Å²) in [5.74, 6) is -0.151. The van der Waals surface area contributed by atoms with Crippen LogP contribution in [-0.2, 0) is 6.54 Å². The molecule has 0 amide bonds. The number of rotatable bonds is 3. The van der Waals surface area contributed by atoms with Crippen LogP contribution in [0, 0.1) is 12.4 Å². The number of hydrogen-bond donors (Lipinski definition) is 0. The van der Waals surface area contributed by atoms with E-state index in [1.165, 1.54) is 16.8 Å². The number of nitrogens with zero attached hydrogens (tertiary/aromatic N) is 6. The van der Waals surface area contributed by atoms with Crippen molar-refractivity contribution in [2.24, 2.45) is 0 Å². The van der Waals surface area contributed by atoms with Gasteiger partial charge in [-0.2, -0.15) is 0 Å². The molecule has 0 aliphatic rings. The number of benzene rings is 1. The molecular formula is C18H12ClFN6. The molecule has 4 rings (SSSR count). The van der Waals surface area contributed by atoms with Crippen LogP contribution >= 0.6 is 11.6 Å². The van der Waals surface area contributed by atoms with E-state index >= 15 is 0 Å². The second-order valence-corrected chi connectivity index (χ2v) is 5.98. The van der Waals surface area contributed by atoms with Crippen molar-refractivity contribution in [3.63, 3.8) is 0 Å². The van der Waals surface area contributed by atoms with E-state index in [1.807, 2.05) is 17.6 Å². The van der Waals surface area contributed by atoms with Gasteiger partial charge in [0, 0.05) is 18.2 Å². The van der Waals surface area contributed by atoms with Crippen LogP contribution in [0.25, 0.3) is 33.1 Å². The molecule has 1 aromatic carbocycles. The lowest BCUT2D eigenvalue weighted by Crippen LogP contribution is -2.01. The summed E-state index contributed by atoms with van der Waals surface area (Å²) in [4.78, 5) is 12.1. The molecule has 26 heavy (non-hydrogen) atoms. The molecule has 4 aromatic rings. The van der Waals surface area contributed by atoms with Gasteiger partial charge < -0.3 is 9.41 Å². The minimum Gasteiger partial charge on any atom is -0.360 e. The molecule has 3 heterocycles. The van der Waals surface area contributed by atoms with Gasteiger partial charge in [0.2, 0.25) is 5.65 Å². The Morgan fingerprint density at radius 3 is 2.81 bits per heavy atom. The minimum atomic E-state index is -0.480. The maximum atomic E-state index is 13.5. The number of aryl methyl sites for hydroxylation is 1. The van der Waals surface area contributed by atoms with Gasteiger partial charge in [-0.05, 0) is 31.2 Å². The molecule has 0 fully saturated rings. The fourth-order valence-electron chi connectivity index (χ4n) is 2.81. The lowest BCUT2D eigenvalue weighted by molar-refractivity contribution is 0.628. The third kappa shape index (κ3) is 2.52. The van der Waals surface area contributed by atoms with E-state index in [9.17, 15) is 4.39 Å². The summed E-state index contributed by atoms with van der Waals surface area (Å²) in [6, 6.07) is 8.12. The predicted octanol–water partition coefficient (Wildman–Crippen LogP) is 4.62. The third-order valence-electron chi connectivity index (χ3n) is 4.07. The number of imidazole rings is 2. The third-order valence-corrected chi connectivity index (χ3v) is 4.36. The highest BCUT2D eigenvalue weighted by Gasteiger charge is 2.19. The van der Waals surface area contributed by atoms with Crippen molar-refractivity contribution in [1.82, 2.24) is 24.1 Å². The predicted molar refractivity (Wildman–Crippen MR) is 96.5 cm³/mol. The van der Waals surface area contributed by atoms with Gasteiger partial charge in [0.25, 0.3) is 5.82 Å². The Morgan fingerprint density at radius 2 is 2.08 bits per heavy atom. The topological polar surface area (TPSA) is 52.4 Å². The first-order valence-corrected chi connectivity index (χ1v) is 8.23. The van der Waals surface area contributed by atoms with Gasteiger partial charge in [-0.3, -0.25) is 0 Å². The Balaban J connectivity index is 1.95. The molecule has 0 aliphatic heterocycles. The Morgan fingerprint density at radius 1 is 1.23 bits per heavy atom. The summed E-state index contributed by atoms with van der Waals surface area (Å²) in [7, 11) is 0. The van der Waals surface area contributed by atoms with Crippen LogP contribution in [0.1, 0.15) is 6.92 Å². The Kier molecular flexibility index (Phi) is 3.90. The normalized spacial score (nSPS) is 11.0. The highest BCUT2D eigenvalue weighted by Crippen LogP contribution is 2.32. The van der Waals surface area contributed by atoms with Gasteiger partial charge in [0.15, 0.2) is 0 Å². The van der Waals surface area contributed by atoms with E-state index in [2.05, 4.69) is 19.9 Å². The zero-order chi connectivity index (χ0) is 18.3. The van der Waals surface area contributed by atoms with E-state index in [4.69, 9.17) is 18.2 Å². The Hall–Kier alpha value is -3.24. The lowest BCUT2D eigenvalue weighted by Gasteiger charge is -2.08. The molecular weight excluding hydrogens is 355 g/mol. The van der Waals surface area contributed by atoms with Crippen molar-refractivity contribution in [3.8, 4) is 22.6 Å². The van der Waals surface area contributed by atoms with E-state index in [0.717, 1.165) is 5.69 Å². The van der Waals surface area contributed by atoms with E-state index in [0.29, 0.717) is 35.0 Å². The van der Waals surface area contributed by atoms with Crippen molar-refractivity contribution < 1.29 is 4.39 Å². The average molecular weight is 367 g/mol. The van der Waals surface area contributed by atoms with Gasteiger partial charge in [-0.1, -0.05) is 23.3 Å². The fourth-order valence-corrected chi connectivity index (χ4v) is 2.99. The van der Waals surface area contributed by atoms with Crippen molar-refractivity contribution >= 4 is 23.1 Å². The van der Waals surface area contributed by atoms with Crippen LogP contribution < -0.4 is 0 Å². The van der Waals surface area contributed by atoms with Crippen LogP contribution in [0.3, 0.4) is 0 Å². The fraction of sp³-hybridized carbons (Fsp3) is 0.111. The molecule has 0 atom stereocenters. The Labute approximate surface area is 153 Å². The monoisotopic (exact) mass is 366 g/mol. The van der Waals surface area contributed by atoms with Crippen molar-refractivity contribution in [3.05, 3.63) is 65.1 Å². The number of aromatic nitrogens is 5. The van der Waals surface area contributed by atoms with Gasteiger partial charge in [0.1, 0.15) is 11.5 Å². The van der Waals surface area contributed by atoms with Gasteiger partial charge >= 0.3 is 0 Å². The summed E-state index contributed by atoms with van der Waals surface area (Å²) in [5, 5.41) is 4.59. The summed E-state index contributed by atoms with van der Waals surface area (Å²) in [6.07, 6.45) is 3.19. The Bertz CT molecular complexity index is 1170. The second kappa shape index (κ2) is 6.24. The maximum Gasteiger partial charge on any atom is 0.275 e. The molecule has 3 aromatic heterocycles.